The molecule has 1 rings (SSSR count). The maximum atomic E-state index is 13.2. The smallest absolute Gasteiger partial charge is 0.504 e. The number of carbonyl (C=O) groups is 1. The number of hydrogen-bond donors (Lipinski definition) is 2. The summed E-state index contributed by atoms with van der Waals surface area (Å²) in [5, 5.41) is 17.9. The van der Waals surface area contributed by atoms with Crippen molar-refractivity contribution < 1.29 is 24.1 Å². The van der Waals surface area contributed by atoms with Crippen molar-refractivity contribution in [2.45, 2.75) is 19.8 Å². The predicted molar refractivity (Wildman–Crippen MR) is 50.7 cm³/mol. The largest absolute Gasteiger partial charge is 0.511 e. The van der Waals surface area contributed by atoms with E-state index in [9.17, 15) is 14.3 Å². The Morgan fingerprint density at radius 2 is 2.20 bits per heavy atom. The molecule has 0 radical (unpaired) electrons. The van der Waals surface area contributed by atoms with Gasteiger partial charge in [-0.15, -0.1) is 0 Å². The van der Waals surface area contributed by atoms with Gasteiger partial charge in [-0.2, -0.15) is 0 Å². The van der Waals surface area contributed by atoms with Crippen LogP contribution in [0.3, 0.4) is 0 Å². The molecule has 0 aliphatic carbocycles. The van der Waals surface area contributed by atoms with Crippen LogP contribution in [0.25, 0.3) is 0 Å². The van der Waals surface area contributed by atoms with Crippen molar-refractivity contribution in [1.29, 1.82) is 0 Å². The van der Waals surface area contributed by atoms with Crippen LogP contribution in [0.5, 0.6) is 11.5 Å². The van der Waals surface area contributed by atoms with Crippen molar-refractivity contribution in [3.05, 3.63) is 23.5 Å². The molecule has 0 atom stereocenters. The van der Waals surface area contributed by atoms with Crippen LogP contribution in [0.1, 0.15) is 18.9 Å². The molecule has 5 heteroatoms. The minimum Gasteiger partial charge on any atom is -0.504 e. The summed E-state index contributed by atoms with van der Waals surface area (Å²) >= 11 is 0. The Hall–Kier alpha value is -1.78. The number of halogens is 1. The first-order chi connectivity index (χ1) is 7.06. The molecule has 0 bridgehead atoms. The monoisotopic (exact) mass is 214 g/mol. The highest BCUT2D eigenvalue weighted by Crippen LogP contribution is 2.32. The fourth-order valence-corrected chi connectivity index (χ4v) is 1.25. The van der Waals surface area contributed by atoms with Gasteiger partial charge < -0.3 is 14.9 Å². The minimum atomic E-state index is -1.54. The number of ether oxygens (including phenoxy) is 1. The summed E-state index contributed by atoms with van der Waals surface area (Å²) < 4.78 is 17.5. The van der Waals surface area contributed by atoms with E-state index in [0.29, 0.717) is 12.8 Å². The maximum absolute atomic E-state index is 13.2. The first-order valence-corrected chi connectivity index (χ1v) is 4.47. The van der Waals surface area contributed by atoms with E-state index in [0.717, 1.165) is 12.1 Å². The summed E-state index contributed by atoms with van der Waals surface area (Å²) in [5.74, 6) is -1.25. The molecule has 0 aliphatic heterocycles. The first kappa shape index (κ1) is 11.3. The third kappa shape index (κ3) is 2.59. The normalized spacial score (nSPS) is 10.0. The van der Waals surface area contributed by atoms with Gasteiger partial charge in [0, 0.05) is 5.56 Å². The van der Waals surface area contributed by atoms with Crippen molar-refractivity contribution in [3.63, 3.8) is 0 Å². The Morgan fingerprint density at radius 1 is 1.53 bits per heavy atom. The van der Waals surface area contributed by atoms with E-state index in [1.165, 1.54) is 0 Å². The average Bonchev–Trinajstić information content (AvgIpc) is 2.16. The van der Waals surface area contributed by atoms with E-state index in [4.69, 9.17) is 5.11 Å². The van der Waals surface area contributed by atoms with E-state index in [1.54, 1.807) is 0 Å². The van der Waals surface area contributed by atoms with Crippen LogP contribution >= 0.6 is 0 Å². The predicted octanol–water partition coefficient (Wildman–Crippen LogP) is 2.54. The van der Waals surface area contributed by atoms with Crippen LogP contribution in [0, 0.1) is 5.82 Å². The van der Waals surface area contributed by atoms with Gasteiger partial charge in [0.05, 0.1) is 0 Å². The molecule has 82 valence electrons. The highest BCUT2D eigenvalue weighted by Gasteiger charge is 2.14. The Morgan fingerprint density at radius 3 is 2.73 bits per heavy atom. The van der Waals surface area contributed by atoms with E-state index in [1.807, 2.05) is 6.92 Å². The maximum Gasteiger partial charge on any atom is 0.511 e. The summed E-state index contributed by atoms with van der Waals surface area (Å²) in [6.07, 6.45) is -0.575. The molecule has 0 saturated carbocycles. The van der Waals surface area contributed by atoms with Crippen LogP contribution in [0.15, 0.2) is 12.1 Å². The van der Waals surface area contributed by atoms with Crippen LogP contribution in [-0.4, -0.2) is 16.4 Å². The molecule has 0 spiro atoms. The van der Waals surface area contributed by atoms with Crippen LogP contribution < -0.4 is 4.74 Å². The van der Waals surface area contributed by atoms with Crippen molar-refractivity contribution in [2.75, 3.05) is 0 Å². The van der Waals surface area contributed by atoms with Gasteiger partial charge in [-0.1, -0.05) is 13.3 Å². The molecule has 0 saturated heterocycles. The van der Waals surface area contributed by atoms with Crippen molar-refractivity contribution >= 4 is 6.16 Å². The lowest BCUT2D eigenvalue weighted by Gasteiger charge is -2.08. The molecule has 0 aliphatic rings. The van der Waals surface area contributed by atoms with E-state index in [2.05, 4.69) is 4.74 Å². The van der Waals surface area contributed by atoms with Crippen LogP contribution in [0.2, 0.25) is 0 Å². The number of phenolic OH excluding ortho intramolecular Hbond substituents is 1. The zero-order valence-electron chi connectivity index (χ0n) is 8.16. The fraction of sp³-hybridized carbons (Fsp3) is 0.300. The summed E-state index contributed by atoms with van der Waals surface area (Å²) in [6.45, 7) is 1.82. The molecule has 0 fully saturated rings. The molecular formula is C10H11FO4. The number of benzene rings is 1. The SMILES string of the molecule is CCCc1c(F)ccc(OC(=O)O)c1O. The second-order valence-electron chi connectivity index (χ2n) is 2.99. The zero-order valence-corrected chi connectivity index (χ0v) is 8.16. The first-order valence-electron chi connectivity index (χ1n) is 4.47. The summed E-state index contributed by atoms with van der Waals surface area (Å²) in [7, 11) is 0. The van der Waals surface area contributed by atoms with Crippen LogP contribution in [-0.2, 0) is 6.42 Å². The molecule has 15 heavy (non-hydrogen) atoms. The average molecular weight is 214 g/mol. The second kappa shape index (κ2) is 4.63. The number of phenols is 1. The molecule has 0 heterocycles. The lowest BCUT2D eigenvalue weighted by molar-refractivity contribution is 0.142. The highest BCUT2D eigenvalue weighted by atomic mass is 19.1. The number of hydrogen-bond acceptors (Lipinski definition) is 3. The second-order valence-corrected chi connectivity index (χ2v) is 2.99. The van der Waals surface area contributed by atoms with Gasteiger partial charge in [0.1, 0.15) is 5.82 Å². The molecular weight excluding hydrogens is 203 g/mol. The highest BCUT2D eigenvalue weighted by molar-refractivity contribution is 5.63. The minimum absolute atomic E-state index is 0.0799. The Balaban J connectivity index is 3.09. The van der Waals surface area contributed by atoms with Crippen LogP contribution in [0.4, 0.5) is 9.18 Å². The Kier molecular flexibility index (Phi) is 3.49. The van der Waals surface area contributed by atoms with Gasteiger partial charge in [0.15, 0.2) is 11.5 Å². The van der Waals surface area contributed by atoms with Gasteiger partial charge in [-0.05, 0) is 18.6 Å². The lowest BCUT2D eigenvalue weighted by atomic mass is 10.1. The van der Waals surface area contributed by atoms with E-state index in [-0.39, 0.29) is 11.3 Å². The van der Waals surface area contributed by atoms with Gasteiger partial charge in [-0.25, -0.2) is 9.18 Å². The van der Waals surface area contributed by atoms with Gasteiger partial charge in [0.2, 0.25) is 0 Å². The topological polar surface area (TPSA) is 66.8 Å². The lowest BCUT2D eigenvalue weighted by Crippen LogP contribution is -2.04. The van der Waals surface area contributed by atoms with Crippen molar-refractivity contribution in [1.82, 2.24) is 0 Å². The summed E-state index contributed by atoms with van der Waals surface area (Å²) in [4.78, 5) is 10.2. The van der Waals surface area contributed by atoms with Crippen molar-refractivity contribution in [3.8, 4) is 11.5 Å². The van der Waals surface area contributed by atoms with Gasteiger partial charge in [0.25, 0.3) is 0 Å². The van der Waals surface area contributed by atoms with Gasteiger partial charge >= 0.3 is 6.16 Å². The third-order valence-electron chi connectivity index (χ3n) is 1.89. The molecule has 4 nitrogen and oxygen atoms in total. The molecule has 2 N–H and O–H groups in total. The molecule has 0 aromatic heterocycles. The van der Waals surface area contributed by atoms with E-state index < -0.39 is 17.7 Å². The van der Waals surface area contributed by atoms with Gasteiger partial charge in [-0.3, -0.25) is 0 Å². The third-order valence-corrected chi connectivity index (χ3v) is 1.89. The Bertz CT molecular complexity index is 376. The molecule has 0 amide bonds. The molecule has 1 aromatic rings. The molecule has 0 unspecified atom stereocenters. The van der Waals surface area contributed by atoms with Crippen molar-refractivity contribution in [2.24, 2.45) is 0 Å². The fourth-order valence-electron chi connectivity index (χ4n) is 1.25. The zero-order chi connectivity index (χ0) is 11.4. The number of rotatable bonds is 3. The standard InChI is InChI=1S/C10H11FO4/c1-2-3-6-7(11)4-5-8(9(6)12)15-10(13)14/h4-5,12H,2-3H2,1H3,(H,13,14). The quantitative estimate of drug-likeness (QED) is 0.599. The summed E-state index contributed by atoms with van der Waals surface area (Å²) in [5.41, 5.74) is 0.0799. The number of aromatic hydroxyl groups is 1. The molecule has 1 aromatic carbocycles. The van der Waals surface area contributed by atoms with E-state index >= 15 is 0 Å². The summed E-state index contributed by atoms with van der Waals surface area (Å²) in [6, 6.07) is 2.15. The number of carboxylic acid groups (broad SMARTS) is 1. The Labute approximate surface area is 85.9 Å².